The molecule has 0 atom stereocenters. The molecule has 0 aliphatic rings. The van der Waals surface area contributed by atoms with Crippen molar-refractivity contribution in [2.75, 3.05) is 13.2 Å². The molecule has 140 valence electrons. The van der Waals surface area contributed by atoms with Crippen molar-refractivity contribution in [3.05, 3.63) is 36.2 Å². The Balaban J connectivity index is 0.00000312. The molecule has 0 unspecified atom stereocenters. The Hall–Kier alpha value is -1.94. The Morgan fingerprint density at radius 2 is 1.76 bits per heavy atom. The largest absolute Gasteiger partial charge is 0.483 e. The molecule has 1 aromatic carbocycles. The second-order valence-corrected chi connectivity index (χ2v) is 4.89. The number of halogens is 7. The third-order valence-electron chi connectivity index (χ3n) is 3.00. The molecule has 0 spiro atoms. The van der Waals surface area contributed by atoms with Crippen molar-refractivity contribution in [3.8, 4) is 16.9 Å². The number of rotatable bonds is 5. The van der Waals surface area contributed by atoms with Gasteiger partial charge >= 0.3 is 12.4 Å². The molecule has 2 aromatic rings. The number of nitrogens with two attached hydrogens (primary N) is 1. The lowest BCUT2D eigenvalue weighted by Crippen LogP contribution is -2.20. The van der Waals surface area contributed by atoms with Crippen molar-refractivity contribution in [2.24, 2.45) is 5.73 Å². The van der Waals surface area contributed by atoms with Gasteiger partial charge in [-0.25, -0.2) is 0 Å². The first-order chi connectivity index (χ1) is 11.1. The lowest BCUT2D eigenvalue weighted by atomic mass is 10.0. The summed E-state index contributed by atoms with van der Waals surface area (Å²) in [7, 11) is 0. The molecular formula is C14H14ClF6N3O. The maximum atomic E-state index is 13.1. The van der Waals surface area contributed by atoms with Crippen molar-refractivity contribution in [1.82, 2.24) is 9.78 Å². The van der Waals surface area contributed by atoms with Crippen LogP contribution in [-0.2, 0) is 12.7 Å². The van der Waals surface area contributed by atoms with E-state index in [1.54, 1.807) is 0 Å². The van der Waals surface area contributed by atoms with E-state index in [0.717, 1.165) is 12.1 Å². The number of hydrogen-bond acceptors (Lipinski definition) is 3. The third kappa shape index (κ3) is 5.82. The number of ether oxygens (including phenoxy) is 1. The number of benzene rings is 1. The van der Waals surface area contributed by atoms with E-state index in [4.69, 9.17) is 5.73 Å². The molecule has 4 nitrogen and oxygen atoms in total. The summed E-state index contributed by atoms with van der Waals surface area (Å²) in [5, 5.41) is 3.94. The van der Waals surface area contributed by atoms with Crippen LogP contribution in [0.4, 0.5) is 26.3 Å². The standard InChI is InChI=1S/C14H13F6N3O.ClH/c15-13(16,17)8-24-12-2-1-9(5-11(12)14(18,19)20)10-6-22-23(7-10)4-3-21;/h1-2,5-7H,3-4,8,21H2;1H. The van der Waals surface area contributed by atoms with Crippen LogP contribution in [0, 0.1) is 0 Å². The van der Waals surface area contributed by atoms with Gasteiger partial charge in [0.1, 0.15) is 5.75 Å². The zero-order valence-corrected chi connectivity index (χ0v) is 13.4. The van der Waals surface area contributed by atoms with Gasteiger partial charge in [-0.05, 0) is 17.7 Å². The fraction of sp³-hybridized carbons (Fsp3) is 0.357. The van der Waals surface area contributed by atoms with Crippen LogP contribution in [-0.4, -0.2) is 29.1 Å². The molecule has 0 saturated carbocycles. The number of nitrogens with zero attached hydrogens (tertiary/aromatic N) is 2. The fourth-order valence-corrected chi connectivity index (χ4v) is 1.98. The first-order valence-electron chi connectivity index (χ1n) is 6.74. The molecule has 0 amide bonds. The fourth-order valence-electron chi connectivity index (χ4n) is 1.98. The number of hydrogen-bond donors (Lipinski definition) is 1. The molecule has 1 heterocycles. The van der Waals surface area contributed by atoms with Crippen LogP contribution in [0.5, 0.6) is 5.75 Å². The first kappa shape index (κ1) is 21.1. The summed E-state index contributed by atoms with van der Waals surface area (Å²) in [4.78, 5) is 0. The van der Waals surface area contributed by atoms with E-state index in [-0.39, 0.29) is 18.0 Å². The summed E-state index contributed by atoms with van der Waals surface area (Å²) in [6.45, 7) is -1.11. The van der Waals surface area contributed by atoms with Crippen LogP contribution in [0.3, 0.4) is 0 Å². The van der Waals surface area contributed by atoms with Gasteiger partial charge in [0, 0.05) is 18.3 Å². The van der Waals surface area contributed by atoms with E-state index < -0.39 is 30.3 Å². The maximum Gasteiger partial charge on any atom is 0.422 e. The highest BCUT2D eigenvalue weighted by atomic mass is 35.5. The van der Waals surface area contributed by atoms with Gasteiger partial charge in [0.25, 0.3) is 0 Å². The molecule has 0 saturated heterocycles. The molecule has 0 aliphatic heterocycles. The van der Waals surface area contributed by atoms with Crippen molar-refractivity contribution in [2.45, 2.75) is 18.9 Å². The van der Waals surface area contributed by atoms with Crippen molar-refractivity contribution >= 4 is 12.4 Å². The van der Waals surface area contributed by atoms with Crippen LogP contribution >= 0.6 is 12.4 Å². The van der Waals surface area contributed by atoms with Gasteiger partial charge in [-0.3, -0.25) is 4.68 Å². The second-order valence-electron chi connectivity index (χ2n) is 4.89. The summed E-state index contributed by atoms with van der Waals surface area (Å²) in [6, 6.07) is 2.84. The highest BCUT2D eigenvalue weighted by Crippen LogP contribution is 2.39. The highest BCUT2D eigenvalue weighted by Gasteiger charge is 2.36. The molecule has 25 heavy (non-hydrogen) atoms. The Morgan fingerprint density at radius 3 is 2.32 bits per heavy atom. The summed E-state index contributed by atoms with van der Waals surface area (Å²) in [5.41, 5.74) is 4.62. The highest BCUT2D eigenvalue weighted by molar-refractivity contribution is 5.85. The van der Waals surface area contributed by atoms with Crippen LogP contribution in [0.1, 0.15) is 5.56 Å². The molecular weight excluding hydrogens is 376 g/mol. The van der Waals surface area contributed by atoms with Gasteiger partial charge in [-0.2, -0.15) is 31.4 Å². The number of alkyl halides is 6. The van der Waals surface area contributed by atoms with Gasteiger partial charge in [0.15, 0.2) is 6.61 Å². The summed E-state index contributed by atoms with van der Waals surface area (Å²) in [6.07, 6.45) is -6.74. The predicted molar refractivity (Wildman–Crippen MR) is 80.5 cm³/mol. The van der Waals surface area contributed by atoms with Gasteiger partial charge in [0.2, 0.25) is 0 Å². The van der Waals surface area contributed by atoms with Crippen molar-refractivity contribution in [3.63, 3.8) is 0 Å². The van der Waals surface area contributed by atoms with Crippen LogP contribution in [0.25, 0.3) is 11.1 Å². The smallest absolute Gasteiger partial charge is 0.422 e. The van der Waals surface area contributed by atoms with Crippen LogP contribution in [0.2, 0.25) is 0 Å². The molecule has 1 aromatic heterocycles. The van der Waals surface area contributed by atoms with Gasteiger partial charge in [-0.15, -0.1) is 12.4 Å². The van der Waals surface area contributed by atoms with E-state index in [2.05, 4.69) is 9.84 Å². The van der Waals surface area contributed by atoms with E-state index >= 15 is 0 Å². The third-order valence-corrected chi connectivity index (χ3v) is 3.00. The SMILES string of the molecule is Cl.NCCn1cc(-c2ccc(OCC(F)(F)F)c(C(F)(F)F)c2)cn1. The normalized spacial score (nSPS) is 12.0. The van der Waals surface area contributed by atoms with Gasteiger partial charge in [0.05, 0.1) is 18.3 Å². The van der Waals surface area contributed by atoms with E-state index in [1.165, 1.54) is 23.1 Å². The molecule has 2 rings (SSSR count). The van der Waals surface area contributed by atoms with Crippen molar-refractivity contribution < 1.29 is 31.1 Å². The molecule has 2 N–H and O–H groups in total. The molecule has 0 fully saturated rings. The van der Waals surface area contributed by atoms with E-state index in [1.807, 2.05) is 0 Å². The van der Waals surface area contributed by atoms with E-state index in [0.29, 0.717) is 18.7 Å². The van der Waals surface area contributed by atoms with E-state index in [9.17, 15) is 26.3 Å². The zero-order valence-electron chi connectivity index (χ0n) is 12.6. The minimum Gasteiger partial charge on any atom is -0.483 e. The van der Waals surface area contributed by atoms with Gasteiger partial charge in [-0.1, -0.05) is 6.07 Å². The predicted octanol–water partition coefficient (Wildman–Crippen LogP) is 3.89. The molecule has 0 aliphatic carbocycles. The minimum absolute atomic E-state index is 0. The van der Waals surface area contributed by atoms with Gasteiger partial charge < -0.3 is 10.5 Å². The lowest BCUT2D eigenvalue weighted by Gasteiger charge is -2.16. The Labute approximate surface area is 145 Å². The Morgan fingerprint density at radius 1 is 1.08 bits per heavy atom. The summed E-state index contributed by atoms with van der Waals surface area (Å²) in [5.74, 6) is -0.877. The molecule has 0 radical (unpaired) electrons. The quantitative estimate of drug-likeness (QED) is 0.789. The van der Waals surface area contributed by atoms with Crippen LogP contribution < -0.4 is 10.5 Å². The lowest BCUT2D eigenvalue weighted by molar-refractivity contribution is -0.158. The monoisotopic (exact) mass is 389 g/mol. The maximum absolute atomic E-state index is 13.1. The molecule has 11 heteroatoms. The first-order valence-corrected chi connectivity index (χ1v) is 6.74. The van der Waals surface area contributed by atoms with Crippen LogP contribution in [0.15, 0.2) is 30.6 Å². The zero-order chi connectivity index (χ0) is 18.0. The van der Waals surface area contributed by atoms with Crippen molar-refractivity contribution in [1.29, 1.82) is 0 Å². The minimum atomic E-state index is -4.86. The second kappa shape index (κ2) is 7.96. The Bertz CT molecular complexity index is 699. The Kier molecular flexibility index (Phi) is 6.72. The summed E-state index contributed by atoms with van der Waals surface area (Å²) >= 11 is 0. The average Bonchev–Trinajstić information content (AvgIpc) is 2.92. The number of aromatic nitrogens is 2. The average molecular weight is 390 g/mol. The summed E-state index contributed by atoms with van der Waals surface area (Å²) < 4.78 is 81.5. The molecule has 0 bridgehead atoms. The topological polar surface area (TPSA) is 53.1 Å².